The Kier molecular flexibility index (Phi) is 2.43. The van der Waals surface area contributed by atoms with Gasteiger partial charge in [-0.2, -0.15) is 0 Å². The molecule has 0 aliphatic rings. The quantitative estimate of drug-likeness (QED) is 0.597. The summed E-state index contributed by atoms with van der Waals surface area (Å²) in [6.45, 7) is 1.73. The summed E-state index contributed by atoms with van der Waals surface area (Å²) in [5.41, 5.74) is 0.987. The number of methoxy groups -OCH3 is 1. The molecule has 3 heteroatoms. The molecule has 0 heterocycles. The first-order chi connectivity index (χ1) is 5.65. The van der Waals surface area contributed by atoms with Crippen molar-refractivity contribution in [2.45, 2.75) is 6.92 Å². The number of ether oxygens (including phenoxy) is 1. The second kappa shape index (κ2) is 3.34. The van der Waals surface area contributed by atoms with Gasteiger partial charge in [-0.3, -0.25) is 0 Å². The molecule has 1 aromatic rings. The molecule has 2 nitrogen and oxygen atoms in total. The number of halogens is 1. The number of rotatable bonds is 1. The van der Waals surface area contributed by atoms with Crippen LogP contribution < -0.4 is 0 Å². The van der Waals surface area contributed by atoms with Crippen LogP contribution >= 0.6 is 0 Å². The standard InChI is InChI=1S/C9H9FO2/c1-6-3-4-7(10)5-8(6)9(11)12-2/h3-5H,1-2H3/i10-1. The maximum Gasteiger partial charge on any atom is 0.338 e. The zero-order valence-electron chi connectivity index (χ0n) is 6.93. The van der Waals surface area contributed by atoms with Crippen LogP contribution in [0.1, 0.15) is 15.9 Å². The summed E-state index contributed by atoms with van der Waals surface area (Å²) in [6, 6.07) is 4.02. The van der Waals surface area contributed by atoms with Gasteiger partial charge in [0.1, 0.15) is 5.82 Å². The molecule has 0 aromatic heterocycles. The Morgan fingerprint density at radius 3 is 2.75 bits per heavy atom. The third-order valence-electron chi connectivity index (χ3n) is 1.60. The highest BCUT2D eigenvalue weighted by molar-refractivity contribution is 5.90. The van der Waals surface area contributed by atoms with E-state index in [2.05, 4.69) is 4.74 Å². The molecule has 0 aliphatic carbocycles. The summed E-state index contributed by atoms with van der Waals surface area (Å²) in [5, 5.41) is 0. The number of carbonyl (C=O) groups is 1. The van der Waals surface area contributed by atoms with Crippen molar-refractivity contribution in [1.29, 1.82) is 0 Å². The maximum absolute atomic E-state index is 12.6. The molecule has 0 bridgehead atoms. The average Bonchev–Trinajstić information content (AvgIpc) is 2.08. The van der Waals surface area contributed by atoms with Crippen LogP contribution in [0.4, 0.5) is 4.39 Å². The zero-order valence-corrected chi connectivity index (χ0v) is 6.93. The van der Waals surface area contributed by atoms with E-state index in [-0.39, 0.29) is 5.56 Å². The SMILES string of the molecule is COC(=O)c1cc([18F])ccc1C. The Hall–Kier alpha value is -1.38. The Morgan fingerprint density at radius 2 is 2.17 bits per heavy atom. The lowest BCUT2D eigenvalue weighted by Gasteiger charge is -2.02. The summed E-state index contributed by atoms with van der Waals surface area (Å²) < 4.78 is 17.1. The van der Waals surface area contributed by atoms with Gasteiger partial charge in [0.05, 0.1) is 12.7 Å². The van der Waals surface area contributed by atoms with Gasteiger partial charge >= 0.3 is 5.97 Å². The Balaban J connectivity index is 3.13. The molecular weight excluding hydrogens is 158 g/mol. The van der Waals surface area contributed by atoms with Crippen molar-refractivity contribution in [3.8, 4) is 0 Å². The van der Waals surface area contributed by atoms with Crippen molar-refractivity contribution in [3.63, 3.8) is 0 Å². The van der Waals surface area contributed by atoms with Crippen LogP contribution in [-0.2, 0) is 4.74 Å². The summed E-state index contributed by atoms with van der Waals surface area (Å²) in [7, 11) is 1.27. The van der Waals surface area contributed by atoms with Gasteiger partial charge in [0.25, 0.3) is 0 Å². The first kappa shape index (κ1) is 8.71. The number of hydrogen-bond acceptors (Lipinski definition) is 2. The fourth-order valence-corrected chi connectivity index (χ4v) is 0.924. The Morgan fingerprint density at radius 1 is 1.50 bits per heavy atom. The Bertz CT molecular complexity index is 307. The van der Waals surface area contributed by atoms with E-state index in [1.54, 1.807) is 13.0 Å². The molecule has 1 rings (SSSR count). The van der Waals surface area contributed by atoms with Gasteiger partial charge in [0.2, 0.25) is 0 Å². The minimum atomic E-state index is -0.507. The first-order valence-corrected chi connectivity index (χ1v) is 3.49. The molecule has 0 saturated heterocycles. The third-order valence-corrected chi connectivity index (χ3v) is 1.60. The topological polar surface area (TPSA) is 26.3 Å². The van der Waals surface area contributed by atoms with Gasteiger partial charge in [0, 0.05) is 0 Å². The monoisotopic (exact) mass is 167 g/mol. The van der Waals surface area contributed by atoms with Gasteiger partial charge in [-0.25, -0.2) is 9.18 Å². The minimum absolute atomic E-state index is 0.275. The summed E-state index contributed by atoms with van der Waals surface area (Å²) in [4.78, 5) is 11.0. The zero-order chi connectivity index (χ0) is 9.14. The van der Waals surface area contributed by atoms with Crippen LogP contribution in [0.25, 0.3) is 0 Å². The van der Waals surface area contributed by atoms with E-state index in [1.165, 1.54) is 19.2 Å². The van der Waals surface area contributed by atoms with Crippen LogP contribution in [0.2, 0.25) is 0 Å². The molecule has 0 spiro atoms. The summed E-state index contributed by atoms with van der Waals surface area (Å²) in [6.07, 6.45) is 0. The maximum atomic E-state index is 12.6. The van der Waals surface area contributed by atoms with Gasteiger partial charge in [0.15, 0.2) is 0 Å². The number of hydrogen-bond donors (Lipinski definition) is 0. The number of benzene rings is 1. The first-order valence-electron chi connectivity index (χ1n) is 3.49. The highest BCUT2D eigenvalue weighted by Gasteiger charge is 2.09. The molecular formula is C9H9FO2. The van der Waals surface area contributed by atoms with Crippen molar-refractivity contribution in [2.75, 3.05) is 7.11 Å². The van der Waals surface area contributed by atoms with Crippen LogP contribution in [0, 0.1) is 12.7 Å². The van der Waals surface area contributed by atoms with Crippen LogP contribution in [0.3, 0.4) is 0 Å². The number of esters is 1. The highest BCUT2D eigenvalue weighted by atomic mass is 18.2. The molecule has 0 amide bonds. The molecule has 64 valence electrons. The molecule has 0 radical (unpaired) electrons. The van der Waals surface area contributed by atoms with Crippen molar-refractivity contribution in [3.05, 3.63) is 35.1 Å². The fourth-order valence-electron chi connectivity index (χ4n) is 0.924. The lowest BCUT2D eigenvalue weighted by Crippen LogP contribution is -2.03. The third kappa shape index (κ3) is 1.61. The fraction of sp³-hybridized carbons (Fsp3) is 0.222. The molecule has 1 aromatic carbocycles. The van der Waals surface area contributed by atoms with E-state index in [1.807, 2.05) is 0 Å². The van der Waals surface area contributed by atoms with Crippen molar-refractivity contribution >= 4 is 5.97 Å². The highest BCUT2D eigenvalue weighted by Crippen LogP contribution is 2.10. The van der Waals surface area contributed by atoms with Gasteiger partial charge in [-0.05, 0) is 24.6 Å². The molecule has 0 N–H and O–H groups in total. The van der Waals surface area contributed by atoms with Crippen LogP contribution in [-0.4, -0.2) is 13.1 Å². The molecule has 12 heavy (non-hydrogen) atoms. The number of carbonyl (C=O) groups excluding carboxylic acids is 1. The summed E-state index contributed by atoms with van der Waals surface area (Å²) >= 11 is 0. The van der Waals surface area contributed by atoms with E-state index in [4.69, 9.17) is 0 Å². The van der Waals surface area contributed by atoms with Gasteiger partial charge in [-0.1, -0.05) is 6.07 Å². The van der Waals surface area contributed by atoms with Crippen molar-refractivity contribution in [1.82, 2.24) is 0 Å². The van der Waals surface area contributed by atoms with Gasteiger partial charge < -0.3 is 4.74 Å². The van der Waals surface area contributed by atoms with Crippen molar-refractivity contribution in [2.24, 2.45) is 0 Å². The van der Waals surface area contributed by atoms with E-state index in [0.29, 0.717) is 5.56 Å². The minimum Gasteiger partial charge on any atom is -0.465 e. The normalized spacial score (nSPS) is 9.58. The lowest BCUT2D eigenvalue weighted by atomic mass is 10.1. The second-order valence-electron chi connectivity index (χ2n) is 2.45. The molecule has 0 atom stereocenters. The van der Waals surface area contributed by atoms with E-state index < -0.39 is 11.8 Å². The van der Waals surface area contributed by atoms with Crippen LogP contribution in [0.5, 0.6) is 0 Å². The van der Waals surface area contributed by atoms with Gasteiger partial charge in [-0.15, -0.1) is 0 Å². The predicted molar refractivity (Wildman–Crippen MR) is 42.5 cm³/mol. The predicted octanol–water partition coefficient (Wildman–Crippen LogP) is 1.92. The summed E-state index contributed by atoms with van der Waals surface area (Å²) in [5.74, 6) is -0.937. The molecule has 0 fully saturated rings. The van der Waals surface area contributed by atoms with Crippen molar-refractivity contribution < 1.29 is 13.9 Å². The number of aryl methyl sites for hydroxylation is 1. The molecule has 0 saturated carbocycles. The average molecular weight is 167 g/mol. The van der Waals surface area contributed by atoms with E-state index in [0.717, 1.165) is 0 Å². The van der Waals surface area contributed by atoms with E-state index in [9.17, 15) is 9.18 Å². The molecule has 0 aliphatic heterocycles. The Labute approximate surface area is 70.0 Å². The lowest BCUT2D eigenvalue weighted by molar-refractivity contribution is 0.0599. The smallest absolute Gasteiger partial charge is 0.338 e. The molecule has 0 unspecified atom stereocenters. The second-order valence-corrected chi connectivity index (χ2v) is 2.45. The largest absolute Gasteiger partial charge is 0.465 e. The van der Waals surface area contributed by atoms with E-state index >= 15 is 0 Å². The van der Waals surface area contributed by atoms with Crippen LogP contribution in [0.15, 0.2) is 18.2 Å².